The Balaban J connectivity index is 1.87. The molecule has 3 aromatic carbocycles. The molecular formula is C26H21IN2O5. The lowest BCUT2D eigenvalue weighted by Crippen LogP contribution is -2.57. The smallest absolute Gasteiger partial charge is 0.343 e. The first kappa shape index (κ1) is 23.5. The fourth-order valence-corrected chi connectivity index (χ4v) is 4.48. The van der Waals surface area contributed by atoms with E-state index in [2.05, 4.69) is 22.6 Å². The van der Waals surface area contributed by atoms with Crippen LogP contribution in [0.25, 0.3) is 6.08 Å². The number of amides is 4. The molecule has 0 spiro atoms. The molecule has 4 rings (SSSR count). The van der Waals surface area contributed by atoms with Crippen molar-refractivity contribution in [2.24, 2.45) is 0 Å². The summed E-state index contributed by atoms with van der Waals surface area (Å²) >= 11 is 2.11. The third-order valence-corrected chi connectivity index (χ3v) is 5.93. The van der Waals surface area contributed by atoms with Crippen LogP contribution in [0.5, 0.6) is 11.5 Å². The molecule has 0 unspecified atom stereocenters. The number of methoxy groups -OCH3 is 1. The Morgan fingerprint density at radius 1 is 0.853 bits per heavy atom. The Morgan fingerprint density at radius 3 is 1.85 bits per heavy atom. The molecule has 8 heteroatoms. The Hall–Kier alpha value is -3.66. The highest BCUT2D eigenvalue weighted by Crippen LogP contribution is 2.35. The number of nitrogens with zero attached hydrogens (tertiary/aromatic N) is 2. The number of urea groups is 1. The zero-order valence-electron chi connectivity index (χ0n) is 18.5. The number of carbonyl (C=O) groups is 3. The Morgan fingerprint density at radius 2 is 1.38 bits per heavy atom. The van der Waals surface area contributed by atoms with Crippen molar-refractivity contribution in [2.45, 2.75) is 6.92 Å². The number of imide groups is 2. The fourth-order valence-electron chi connectivity index (χ4n) is 3.64. The van der Waals surface area contributed by atoms with Gasteiger partial charge in [-0.25, -0.2) is 14.6 Å². The van der Waals surface area contributed by atoms with Crippen LogP contribution in [0, 0.1) is 3.57 Å². The molecule has 1 aliphatic rings. The first-order valence-corrected chi connectivity index (χ1v) is 11.6. The molecule has 1 saturated heterocycles. The highest BCUT2D eigenvalue weighted by molar-refractivity contribution is 14.1. The molecule has 172 valence electrons. The molecule has 1 aliphatic heterocycles. The Kier molecular flexibility index (Phi) is 6.97. The molecule has 0 atom stereocenters. The van der Waals surface area contributed by atoms with Crippen LogP contribution in [0.4, 0.5) is 16.2 Å². The minimum atomic E-state index is -0.733. The van der Waals surface area contributed by atoms with Crippen molar-refractivity contribution in [3.63, 3.8) is 0 Å². The van der Waals surface area contributed by atoms with Crippen molar-refractivity contribution in [1.29, 1.82) is 0 Å². The van der Waals surface area contributed by atoms with Gasteiger partial charge in [0.25, 0.3) is 11.8 Å². The summed E-state index contributed by atoms with van der Waals surface area (Å²) in [5.74, 6) is -0.331. The van der Waals surface area contributed by atoms with E-state index in [9.17, 15) is 14.4 Å². The second-order valence-electron chi connectivity index (χ2n) is 7.26. The van der Waals surface area contributed by atoms with E-state index in [-0.39, 0.29) is 5.57 Å². The molecule has 3 aromatic rings. The highest BCUT2D eigenvalue weighted by atomic mass is 127. The summed E-state index contributed by atoms with van der Waals surface area (Å²) < 4.78 is 11.9. The molecule has 4 amide bonds. The lowest BCUT2D eigenvalue weighted by atomic mass is 10.0. The zero-order valence-corrected chi connectivity index (χ0v) is 20.7. The van der Waals surface area contributed by atoms with Gasteiger partial charge >= 0.3 is 6.03 Å². The number of barbiturate groups is 1. The second-order valence-corrected chi connectivity index (χ2v) is 8.42. The lowest BCUT2D eigenvalue weighted by molar-refractivity contribution is -0.121. The third kappa shape index (κ3) is 4.41. The van der Waals surface area contributed by atoms with Gasteiger partial charge in [-0.1, -0.05) is 36.4 Å². The van der Waals surface area contributed by atoms with Crippen LogP contribution in [0.1, 0.15) is 12.5 Å². The zero-order chi connectivity index (χ0) is 24.2. The van der Waals surface area contributed by atoms with Crippen molar-refractivity contribution in [3.8, 4) is 11.5 Å². The van der Waals surface area contributed by atoms with E-state index in [0.717, 1.165) is 13.4 Å². The Bertz CT molecular complexity index is 1210. The van der Waals surface area contributed by atoms with Crippen molar-refractivity contribution >= 4 is 57.9 Å². The largest absolute Gasteiger partial charge is 0.492 e. The van der Waals surface area contributed by atoms with Gasteiger partial charge in [-0.3, -0.25) is 9.59 Å². The third-order valence-electron chi connectivity index (χ3n) is 5.13. The quantitative estimate of drug-likeness (QED) is 0.230. The molecule has 0 aromatic heterocycles. The predicted molar refractivity (Wildman–Crippen MR) is 138 cm³/mol. The van der Waals surface area contributed by atoms with Crippen molar-refractivity contribution in [1.82, 2.24) is 0 Å². The minimum absolute atomic E-state index is 0.143. The van der Waals surface area contributed by atoms with Gasteiger partial charge in [0.2, 0.25) is 0 Å². The molecule has 1 fully saturated rings. The molecule has 7 nitrogen and oxygen atoms in total. The van der Waals surface area contributed by atoms with Crippen molar-refractivity contribution in [2.75, 3.05) is 23.5 Å². The van der Waals surface area contributed by atoms with E-state index in [1.54, 1.807) is 79.9 Å². The number of halogens is 1. The van der Waals surface area contributed by atoms with Crippen LogP contribution in [0.15, 0.2) is 78.4 Å². The van der Waals surface area contributed by atoms with E-state index in [1.165, 1.54) is 6.08 Å². The maximum Gasteiger partial charge on any atom is 0.343 e. The first-order valence-electron chi connectivity index (χ1n) is 10.5. The first-order chi connectivity index (χ1) is 16.5. The number of ether oxygens (including phenoxy) is 2. The average molecular weight is 568 g/mol. The summed E-state index contributed by atoms with van der Waals surface area (Å²) in [4.78, 5) is 42.3. The monoisotopic (exact) mass is 568 g/mol. The number of benzene rings is 3. The van der Waals surface area contributed by atoms with Crippen molar-refractivity contribution in [3.05, 3.63) is 87.5 Å². The molecule has 0 aliphatic carbocycles. The van der Waals surface area contributed by atoms with Gasteiger partial charge in [-0.05, 0) is 77.6 Å². The normalized spacial score (nSPS) is 13.9. The number of rotatable bonds is 6. The fraction of sp³-hybridized carbons (Fsp3) is 0.115. The number of hydrogen-bond donors (Lipinski definition) is 0. The molecule has 1 heterocycles. The SMILES string of the molecule is CCOc1cc(C=C2C(=O)N(c3ccccc3)C(=O)N(c3ccccc3)C2=O)cc(I)c1OC. The van der Waals surface area contributed by atoms with Gasteiger partial charge in [0, 0.05) is 0 Å². The maximum absolute atomic E-state index is 13.5. The predicted octanol–water partition coefficient (Wildman–Crippen LogP) is 5.28. The van der Waals surface area contributed by atoms with Crippen LogP contribution in [0.2, 0.25) is 0 Å². The molecule has 0 N–H and O–H groups in total. The van der Waals surface area contributed by atoms with E-state index in [1.807, 2.05) is 6.92 Å². The summed E-state index contributed by atoms with van der Waals surface area (Å²) in [6, 6.07) is 19.8. The van der Waals surface area contributed by atoms with Crippen molar-refractivity contribution < 1.29 is 23.9 Å². The van der Waals surface area contributed by atoms with E-state index < -0.39 is 17.8 Å². The summed E-state index contributed by atoms with van der Waals surface area (Å²) in [5.41, 5.74) is 1.17. The maximum atomic E-state index is 13.5. The number of hydrogen-bond acceptors (Lipinski definition) is 5. The van der Waals surface area contributed by atoms with Crippen LogP contribution >= 0.6 is 22.6 Å². The average Bonchev–Trinajstić information content (AvgIpc) is 2.83. The summed E-state index contributed by atoms with van der Waals surface area (Å²) in [5, 5.41) is 0. The van der Waals surface area contributed by atoms with Gasteiger partial charge in [-0.2, -0.15) is 0 Å². The molecule has 0 bridgehead atoms. The topological polar surface area (TPSA) is 76.2 Å². The Labute approximate surface area is 210 Å². The van der Waals surface area contributed by atoms with Gasteiger partial charge in [0.15, 0.2) is 11.5 Å². The lowest BCUT2D eigenvalue weighted by Gasteiger charge is -2.34. The number of para-hydroxylation sites is 2. The van der Waals surface area contributed by atoms with Crippen LogP contribution in [0.3, 0.4) is 0 Å². The molecule has 34 heavy (non-hydrogen) atoms. The van der Waals surface area contributed by atoms with Gasteiger partial charge in [0.05, 0.1) is 28.7 Å². The summed E-state index contributed by atoms with van der Waals surface area (Å²) in [6.07, 6.45) is 1.48. The minimum Gasteiger partial charge on any atom is -0.492 e. The standard InChI is InChI=1S/C26H21IN2O5/c1-3-34-22-16-17(15-21(27)23(22)33-2)14-20-24(30)28(18-10-6-4-7-11-18)26(32)29(25(20)31)19-12-8-5-9-13-19/h4-16H,3H2,1-2H3. The number of carbonyl (C=O) groups excluding carboxylic acids is 3. The van der Waals surface area contributed by atoms with Gasteiger partial charge in [-0.15, -0.1) is 0 Å². The molecule has 0 radical (unpaired) electrons. The van der Waals surface area contributed by atoms with Crippen LogP contribution in [-0.4, -0.2) is 31.6 Å². The van der Waals surface area contributed by atoms with Crippen LogP contribution in [-0.2, 0) is 9.59 Å². The highest BCUT2D eigenvalue weighted by Gasteiger charge is 2.43. The summed E-state index contributed by atoms with van der Waals surface area (Å²) in [7, 11) is 1.55. The van der Waals surface area contributed by atoms with Crippen LogP contribution < -0.4 is 19.3 Å². The van der Waals surface area contributed by atoms with Gasteiger partial charge in [0.1, 0.15) is 5.57 Å². The number of anilines is 2. The molecule has 0 saturated carbocycles. The summed E-state index contributed by atoms with van der Waals surface area (Å²) in [6.45, 7) is 2.27. The van der Waals surface area contributed by atoms with E-state index >= 15 is 0 Å². The second kappa shape index (κ2) is 10.1. The van der Waals surface area contributed by atoms with E-state index in [0.29, 0.717) is 35.0 Å². The van der Waals surface area contributed by atoms with E-state index in [4.69, 9.17) is 9.47 Å². The molecular weight excluding hydrogens is 547 g/mol. The van der Waals surface area contributed by atoms with Gasteiger partial charge < -0.3 is 9.47 Å².